The maximum atomic E-state index is 3.89. The Balaban J connectivity index is 2.31. The van der Waals surface area contributed by atoms with E-state index in [0.29, 0.717) is 0 Å². The molecule has 0 spiro atoms. The van der Waals surface area contributed by atoms with Gasteiger partial charge in [0, 0.05) is 0 Å². The molecular formula is C22H24. The Morgan fingerprint density at radius 2 is 1.41 bits per heavy atom. The molecule has 0 aromatic heterocycles. The predicted octanol–water partition coefficient (Wildman–Crippen LogP) is 6.24. The number of hydrogen-bond acceptors (Lipinski definition) is 0. The molecule has 0 aliphatic carbocycles. The summed E-state index contributed by atoms with van der Waals surface area (Å²) < 4.78 is 0. The molecule has 0 radical (unpaired) electrons. The van der Waals surface area contributed by atoms with Gasteiger partial charge in [0.2, 0.25) is 0 Å². The topological polar surface area (TPSA) is 0 Å². The Morgan fingerprint density at radius 1 is 0.864 bits per heavy atom. The fraction of sp³-hybridized carbons (Fsp3) is 0.182. The van der Waals surface area contributed by atoms with Crippen molar-refractivity contribution in [2.24, 2.45) is 0 Å². The number of benzene rings is 2. The molecular weight excluding hydrogens is 264 g/mol. The normalized spacial score (nSPS) is 11.3. The van der Waals surface area contributed by atoms with Crippen molar-refractivity contribution in [1.29, 1.82) is 0 Å². The van der Waals surface area contributed by atoms with E-state index in [0.717, 1.165) is 6.42 Å². The van der Waals surface area contributed by atoms with Crippen molar-refractivity contribution in [3.63, 3.8) is 0 Å². The van der Waals surface area contributed by atoms with Crippen molar-refractivity contribution in [2.75, 3.05) is 0 Å². The quantitative estimate of drug-likeness (QED) is 0.611. The molecule has 0 amide bonds. The first-order valence-electron chi connectivity index (χ1n) is 7.67. The Hall–Kier alpha value is -2.34. The van der Waals surface area contributed by atoms with E-state index in [-0.39, 0.29) is 0 Å². The van der Waals surface area contributed by atoms with Gasteiger partial charge in [0.1, 0.15) is 0 Å². The molecule has 112 valence electrons. The first kappa shape index (κ1) is 16.0. The van der Waals surface area contributed by atoms with Crippen LogP contribution in [-0.4, -0.2) is 0 Å². The first-order chi connectivity index (χ1) is 10.6. The van der Waals surface area contributed by atoms with Crippen LogP contribution in [0.2, 0.25) is 0 Å². The molecule has 0 heterocycles. The van der Waals surface area contributed by atoms with Crippen LogP contribution in [0.15, 0.2) is 55.1 Å². The molecule has 0 bridgehead atoms. The van der Waals surface area contributed by atoms with Gasteiger partial charge in [-0.1, -0.05) is 73.4 Å². The van der Waals surface area contributed by atoms with Crippen LogP contribution in [0.1, 0.15) is 40.3 Å². The second kappa shape index (κ2) is 7.09. The molecule has 0 N–H and O–H groups in total. The molecule has 0 saturated heterocycles. The Kier molecular flexibility index (Phi) is 5.16. The minimum atomic E-state index is 0.964. The van der Waals surface area contributed by atoms with Gasteiger partial charge in [-0.2, -0.15) is 0 Å². The summed E-state index contributed by atoms with van der Waals surface area (Å²) >= 11 is 0. The molecule has 0 atom stereocenters. The highest BCUT2D eigenvalue weighted by Crippen LogP contribution is 2.22. The minimum absolute atomic E-state index is 0.964. The van der Waals surface area contributed by atoms with Crippen LogP contribution >= 0.6 is 0 Å². The zero-order valence-electron chi connectivity index (χ0n) is 13.8. The van der Waals surface area contributed by atoms with Gasteiger partial charge in [0.25, 0.3) is 0 Å². The molecule has 0 aliphatic heterocycles. The standard InChI is InChI=1S/C22H24/c1-6-19-10-8-12-21(17(19)4)14-16(3)15-22-13-9-11-20(7-2)18(22)5/h6-14H,1-2,15H2,3-5H3/b16-14+. The van der Waals surface area contributed by atoms with Gasteiger partial charge >= 0.3 is 0 Å². The van der Waals surface area contributed by atoms with Gasteiger partial charge < -0.3 is 0 Å². The van der Waals surface area contributed by atoms with E-state index in [2.05, 4.69) is 76.4 Å². The van der Waals surface area contributed by atoms with Gasteiger partial charge in [-0.05, 0) is 60.6 Å². The van der Waals surface area contributed by atoms with Crippen molar-refractivity contribution in [3.8, 4) is 0 Å². The van der Waals surface area contributed by atoms with Crippen molar-refractivity contribution >= 4 is 18.2 Å². The molecule has 2 aromatic rings. The second-order valence-corrected chi connectivity index (χ2v) is 5.77. The molecule has 0 fully saturated rings. The average molecular weight is 288 g/mol. The summed E-state index contributed by atoms with van der Waals surface area (Å²) in [4.78, 5) is 0. The zero-order valence-corrected chi connectivity index (χ0v) is 13.8. The molecule has 0 nitrogen and oxygen atoms in total. The monoisotopic (exact) mass is 288 g/mol. The minimum Gasteiger partial charge on any atom is -0.0985 e. The molecule has 0 saturated carbocycles. The van der Waals surface area contributed by atoms with Gasteiger partial charge in [0.05, 0.1) is 0 Å². The fourth-order valence-electron chi connectivity index (χ4n) is 2.78. The third kappa shape index (κ3) is 3.46. The van der Waals surface area contributed by atoms with Crippen molar-refractivity contribution in [2.45, 2.75) is 27.2 Å². The van der Waals surface area contributed by atoms with Gasteiger partial charge in [-0.3, -0.25) is 0 Å². The van der Waals surface area contributed by atoms with Crippen LogP contribution in [0.4, 0.5) is 0 Å². The van der Waals surface area contributed by atoms with Crippen LogP contribution in [0.3, 0.4) is 0 Å². The van der Waals surface area contributed by atoms with Crippen molar-refractivity contribution < 1.29 is 0 Å². The lowest BCUT2D eigenvalue weighted by Gasteiger charge is -2.10. The second-order valence-electron chi connectivity index (χ2n) is 5.77. The fourth-order valence-corrected chi connectivity index (χ4v) is 2.78. The SMILES string of the molecule is C=Cc1cccc(/C=C(\C)Cc2cccc(C=C)c2C)c1C. The summed E-state index contributed by atoms with van der Waals surface area (Å²) in [5.41, 5.74) is 9.02. The third-order valence-electron chi connectivity index (χ3n) is 4.22. The highest BCUT2D eigenvalue weighted by Gasteiger charge is 2.04. The van der Waals surface area contributed by atoms with E-state index in [9.17, 15) is 0 Å². The van der Waals surface area contributed by atoms with E-state index >= 15 is 0 Å². The van der Waals surface area contributed by atoms with E-state index < -0.39 is 0 Å². The zero-order chi connectivity index (χ0) is 16.1. The lowest BCUT2D eigenvalue weighted by molar-refractivity contribution is 1.12. The van der Waals surface area contributed by atoms with Crippen molar-refractivity contribution in [3.05, 3.63) is 88.5 Å². The maximum absolute atomic E-state index is 3.89. The summed E-state index contributed by atoms with van der Waals surface area (Å²) in [7, 11) is 0. The highest BCUT2D eigenvalue weighted by atomic mass is 14.1. The maximum Gasteiger partial charge on any atom is -0.00637 e. The molecule has 0 heteroatoms. The van der Waals surface area contributed by atoms with Crippen LogP contribution < -0.4 is 0 Å². The Morgan fingerprint density at radius 3 is 2.05 bits per heavy atom. The lowest BCUT2D eigenvalue weighted by Crippen LogP contribution is -1.94. The molecule has 2 aromatic carbocycles. The van der Waals surface area contributed by atoms with Crippen LogP contribution in [0.25, 0.3) is 18.2 Å². The summed E-state index contributed by atoms with van der Waals surface area (Å²) in [5.74, 6) is 0. The highest BCUT2D eigenvalue weighted by molar-refractivity contribution is 5.64. The smallest absolute Gasteiger partial charge is 0.00637 e. The van der Waals surface area contributed by atoms with E-state index in [1.54, 1.807) is 0 Å². The Bertz CT molecular complexity index is 730. The molecule has 22 heavy (non-hydrogen) atoms. The number of allylic oxidation sites excluding steroid dienone is 1. The average Bonchev–Trinajstić information content (AvgIpc) is 2.51. The molecule has 0 unspecified atom stereocenters. The summed E-state index contributed by atoms with van der Waals surface area (Å²) in [6, 6.07) is 12.8. The summed E-state index contributed by atoms with van der Waals surface area (Å²) in [5, 5.41) is 0. The Labute approximate surface area is 134 Å². The van der Waals surface area contributed by atoms with Gasteiger partial charge in [0.15, 0.2) is 0 Å². The van der Waals surface area contributed by atoms with Gasteiger partial charge in [-0.15, -0.1) is 0 Å². The number of hydrogen-bond donors (Lipinski definition) is 0. The van der Waals surface area contributed by atoms with Crippen LogP contribution in [-0.2, 0) is 6.42 Å². The summed E-state index contributed by atoms with van der Waals surface area (Å²) in [6.45, 7) is 14.3. The largest absolute Gasteiger partial charge is 0.0985 e. The molecule has 0 aliphatic rings. The van der Waals surface area contributed by atoms with E-state index in [4.69, 9.17) is 0 Å². The predicted molar refractivity (Wildman–Crippen MR) is 99.9 cm³/mol. The van der Waals surface area contributed by atoms with Crippen LogP contribution in [0, 0.1) is 13.8 Å². The summed E-state index contributed by atoms with van der Waals surface area (Å²) in [6.07, 6.45) is 7.09. The number of rotatable bonds is 5. The lowest BCUT2D eigenvalue weighted by atomic mass is 9.95. The van der Waals surface area contributed by atoms with E-state index in [1.807, 2.05) is 12.2 Å². The van der Waals surface area contributed by atoms with Crippen molar-refractivity contribution in [1.82, 2.24) is 0 Å². The first-order valence-corrected chi connectivity index (χ1v) is 7.67. The molecule has 2 rings (SSSR count). The third-order valence-corrected chi connectivity index (χ3v) is 4.22. The van der Waals surface area contributed by atoms with Gasteiger partial charge in [-0.25, -0.2) is 0 Å². The van der Waals surface area contributed by atoms with Crippen LogP contribution in [0.5, 0.6) is 0 Å². The van der Waals surface area contributed by atoms with E-state index in [1.165, 1.54) is 39.0 Å².